The Morgan fingerprint density at radius 2 is 0.556 bits per heavy atom. The molecule has 0 amide bonds. The van der Waals surface area contributed by atoms with E-state index in [1.807, 2.05) is 0 Å². The summed E-state index contributed by atoms with van der Waals surface area (Å²) in [4.78, 5) is 0. The van der Waals surface area contributed by atoms with Gasteiger partial charge in [0, 0.05) is 17.4 Å². The van der Waals surface area contributed by atoms with E-state index in [1.54, 1.807) is 0 Å². The molecule has 0 bridgehead atoms. The molecule has 6 rings (SSSR count). The van der Waals surface area contributed by atoms with Gasteiger partial charge in [-0.25, -0.2) is 0 Å². The van der Waals surface area contributed by atoms with Gasteiger partial charge in [-0.15, -0.1) is 0 Å². The van der Waals surface area contributed by atoms with Crippen LogP contribution in [0.15, 0.2) is 97.1 Å². The van der Waals surface area contributed by atoms with Gasteiger partial charge in [0.1, 0.15) is 0 Å². The molecule has 0 atom stereocenters. The van der Waals surface area contributed by atoms with Crippen molar-refractivity contribution in [2.75, 3.05) is 0 Å². The van der Waals surface area contributed by atoms with Crippen molar-refractivity contribution in [2.45, 2.75) is 12.8 Å². The fourth-order valence-corrected chi connectivity index (χ4v) is 4.16. The molecule has 0 radical (unpaired) electrons. The summed E-state index contributed by atoms with van der Waals surface area (Å²) in [6, 6.07) is 34.6. The fraction of sp³-hybridized carbons (Fsp3) is 0.0769. The van der Waals surface area contributed by atoms with Crippen molar-refractivity contribution in [2.24, 2.45) is 0 Å². The van der Waals surface area contributed by atoms with Crippen LogP contribution in [-0.4, -0.2) is 0 Å². The Balaban J connectivity index is 0.000000129. The van der Waals surface area contributed by atoms with Crippen molar-refractivity contribution in [3.05, 3.63) is 119 Å². The molecule has 0 saturated heterocycles. The molecule has 4 aromatic carbocycles. The summed E-state index contributed by atoms with van der Waals surface area (Å²) in [5.41, 5.74) is 11.5. The van der Waals surface area contributed by atoms with Gasteiger partial charge < -0.3 is 0 Å². The van der Waals surface area contributed by atoms with Gasteiger partial charge in [0.25, 0.3) is 0 Å². The Labute approximate surface area is 171 Å². The van der Waals surface area contributed by atoms with Gasteiger partial charge in [-0.3, -0.25) is 0 Å². The molecule has 4 aromatic rings. The van der Waals surface area contributed by atoms with Gasteiger partial charge >= 0.3 is 0 Å². The van der Waals surface area contributed by atoms with Gasteiger partial charge in [0.05, 0.1) is 0 Å². The molecule has 0 nitrogen and oxygen atoms in total. The molecule has 0 heterocycles. The number of hydrogen-bond donors (Lipinski definition) is 0. The van der Waals surface area contributed by atoms with Gasteiger partial charge in [-0.05, 0) is 57.3 Å². The van der Waals surface area contributed by atoms with Crippen LogP contribution in [0.2, 0.25) is 0 Å². The predicted molar refractivity (Wildman–Crippen MR) is 109 cm³/mol. The maximum absolute atomic E-state index is 2.22. The van der Waals surface area contributed by atoms with E-state index in [0.717, 1.165) is 12.8 Å². The molecule has 0 fully saturated rings. The van der Waals surface area contributed by atoms with Crippen LogP contribution >= 0.6 is 0 Å². The molecule has 0 spiro atoms. The molecule has 0 aromatic heterocycles. The molecule has 1 heteroatoms. The molecule has 2 aliphatic rings. The maximum Gasteiger partial charge on any atom is 0 e. The first-order valence-electron chi connectivity index (χ1n) is 9.22. The first-order chi connectivity index (χ1) is 12.9. The number of rotatable bonds is 0. The summed E-state index contributed by atoms with van der Waals surface area (Å²) >= 11 is 0. The Bertz CT molecular complexity index is 918. The molecule has 27 heavy (non-hydrogen) atoms. The summed E-state index contributed by atoms with van der Waals surface area (Å²) in [7, 11) is 0. The van der Waals surface area contributed by atoms with Crippen molar-refractivity contribution in [1.29, 1.82) is 0 Å². The van der Waals surface area contributed by atoms with E-state index in [-0.39, 0.29) is 17.4 Å². The van der Waals surface area contributed by atoms with Gasteiger partial charge in [-0.2, -0.15) is 0 Å². The minimum atomic E-state index is 0. The SMILES string of the molecule is [Cr].c1ccc2c(c1)Cc1ccccc1-2.c1ccc2c(c1)Cc1ccccc1-2. The average Bonchev–Trinajstić information content (AvgIpc) is 3.27. The van der Waals surface area contributed by atoms with Crippen LogP contribution in [0.4, 0.5) is 0 Å². The number of fused-ring (bicyclic) bond motifs is 6. The molecular weight excluding hydrogens is 364 g/mol. The third-order valence-electron chi connectivity index (χ3n) is 5.41. The van der Waals surface area contributed by atoms with E-state index in [0.29, 0.717) is 0 Å². The largest absolute Gasteiger partial charge is 0.0619 e. The smallest absolute Gasteiger partial charge is 0 e. The topological polar surface area (TPSA) is 0 Å². The van der Waals surface area contributed by atoms with Gasteiger partial charge in [-0.1, -0.05) is 97.1 Å². The fourth-order valence-electron chi connectivity index (χ4n) is 4.16. The van der Waals surface area contributed by atoms with Crippen molar-refractivity contribution < 1.29 is 17.4 Å². The van der Waals surface area contributed by atoms with Crippen LogP contribution in [-0.2, 0) is 30.2 Å². The van der Waals surface area contributed by atoms with E-state index in [2.05, 4.69) is 97.1 Å². The molecule has 130 valence electrons. The van der Waals surface area contributed by atoms with Gasteiger partial charge in [0.15, 0.2) is 0 Å². The Kier molecular flexibility index (Phi) is 4.99. The van der Waals surface area contributed by atoms with Gasteiger partial charge in [0.2, 0.25) is 0 Å². The summed E-state index contributed by atoms with van der Waals surface area (Å²) < 4.78 is 0. The van der Waals surface area contributed by atoms with Crippen LogP contribution in [0, 0.1) is 0 Å². The Morgan fingerprint density at radius 1 is 0.333 bits per heavy atom. The Hall–Kier alpha value is -2.59. The van der Waals surface area contributed by atoms with Crippen LogP contribution in [0.5, 0.6) is 0 Å². The molecule has 0 unspecified atom stereocenters. The van der Waals surface area contributed by atoms with E-state index in [9.17, 15) is 0 Å². The van der Waals surface area contributed by atoms with Crippen molar-refractivity contribution >= 4 is 0 Å². The summed E-state index contributed by atoms with van der Waals surface area (Å²) in [6.45, 7) is 0. The quantitative estimate of drug-likeness (QED) is 0.280. The number of benzene rings is 4. The second kappa shape index (κ2) is 7.57. The summed E-state index contributed by atoms with van der Waals surface area (Å²) in [5.74, 6) is 0. The first kappa shape index (κ1) is 17.8. The molecule has 2 aliphatic carbocycles. The molecular formula is C26H20Cr. The zero-order valence-corrected chi connectivity index (χ0v) is 16.3. The molecule has 0 saturated carbocycles. The van der Waals surface area contributed by atoms with E-state index in [1.165, 1.54) is 44.5 Å². The minimum Gasteiger partial charge on any atom is -0.0619 e. The third kappa shape index (κ3) is 3.26. The normalized spacial score (nSPS) is 11.9. The van der Waals surface area contributed by atoms with Crippen molar-refractivity contribution in [3.63, 3.8) is 0 Å². The second-order valence-electron chi connectivity index (χ2n) is 6.98. The predicted octanol–water partition coefficient (Wildman–Crippen LogP) is 6.51. The third-order valence-corrected chi connectivity index (χ3v) is 5.41. The van der Waals surface area contributed by atoms with Crippen LogP contribution in [0.1, 0.15) is 22.3 Å². The van der Waals surface area contributed by atoms with Crippen molar-refractivity contribution in [1.82, 2.24) is 0 Å². The monoisotopic (exact) mass is 384 g/mol. The zero-order chi connectivity index (χ0) is 17.3. The molecule has 0 aliphatic heterocycles. The average molecular weight is 384 g/mol. The zero-order valence-electron chi connectivity index (χ0n) is 15.1. The van der Waals surface area contributed by atoms with Crippen LogP contribution < -0.4 is 0 Å². The first-order valence-corrected chi connectivity index (χ1v) is 9.22. The second-order valence-corrected chi connectivity index (χ2v) is 6.98. The Morgan fingerprint density at radius 3 is 0.815 bits per heavy atom. The standard InChI is InChI=1S/2C13H10.Cr/c2*1-3-7-12-10(5-1)9-11-6-2-4-8-13(11)12;/h2*1-8H,9H2;. The van der Waals surface area contributed by atoms with E-state index < -0.39 is 0 Å². The summed E-state index contributed by atoms with van der Waals surface area (Å²) in [5, 5.41) is 0. The van der Waals surface area contributed by atoms with Crippen molar-refractivity contribution in [3.8, 4) is 22.3 Å². The van der Waals surface area contributed by atoms with Crippen LogP contribution in [0.3, 0.4) is 0 Å². The van der Waals surface area contributed by atoms with E-state index in [4.69, 9.17) is 0 Å². The maximum atomic E-state index is 2.22. The van der Waals surface area contributed by atoms with E-state index >= 15 is 0 Å². The summed E-state index contributed by atoms with van der Waals surface area (Å²) in [6.07, 6.45) is 2.21. The minimum absolute atomic E-state index is 0. The van der Waals surface area contributed by atoms with Crippen LogP contribution in [0.25, 0.3) is 22.3 Å². The number of hydrogen-bond acceptors (Lipinski definition) is 0. The molecule has 0 N–H and O–H groups in total.